The van der Waals surface area contributed by atoms with Crippen molar-refractivity contribution in [3.8, 4) is 5.75 Å². The number of aromatic nitrogens is 2. The number of hydrogen-bond acceptors (Lipinski definition) is 5. The van der Waals surface area contributed by atoms with Crippen LogP contribution >= 0.6 is 12.4 Å². The molecular formula is C28H34ClF3N4O3. The molecule has 1 saturated heterocycles. The van der Waals surface area contributed by atoms with Gasteiger partial charge in [-0.25, -0.2) is 4.79 Å². The van der Waals surface area contributed by atoms with Crippen molar-refractivity contribution >= 4 is 18.1 Å². The molecule has 0 radical (unpaired) electrons. The minimum Gasteiger partial charge on any atom is -0.482 e. The van der Waals surface area contributed by atoms with Gasteiger partial charge in [-0.1, -0.05) is 42.0 Å². The number of rotatable bonds is 9. The summed E-state index contributed by atoms with van der Waals surface area (Å²) in [6, 6.07) is 14.7. The number of alkyl halides is 3. The molecule has 0 N–H and O–H groups in total. The molecule has 1 aliphatic rings. The Morgan fingerprint density at radius 3 is 2.23 bits per heavy atom. The predicted octanol–water partition coefficient (Wildman–Crippen LogP) is 4.25. The van der Waals surface area contributed by atoms with E-state index in [1.54, 1.807) is 42.0 Å². The standard InChI is InChI=1S/C28H33F3N4O3.ClH/c1-21-8-10-23(11-9-21)19-34-18-22(2)26(36)35(27(34)37)13-5-12-32-14-16-33(17-15-32)24-6-3-4-7-25(24)38-20-28(29,30)31;/h3-4,6-11,18H,5,12-17,19-20H2,1-2H3;1H. The van der Waals surface area contributed by atoms with Crippen molar-refractivity contribution in [1.82, 2.24) is 14.0 Å². The summed E-state index contributed by atoms with van der Waals surface area (Å²) in [4.78, 5) is 30.0. The largest absolute Gasteiger partial charge is 0.482 e. The van der Waals surface area contributed by atoms with Crippen LogP contribution in [0.4, 0.5) is 18.9 Å². The summed E-state index contributed by atoms with van der Waals surface area (Å²) in [5, 5.41) is 0. The first-order valence-electron chi connectivity index (χ1n) is 12.7. The molecule has 0 saturated carbocycles. The van der Waals surface area contributed by atoms with Gasteiger partial charge in [0.2, 0.25) is 0 Å². The summed E-state index contributed by atoms with van der Waals surface area (Å²) in [6.45, 7) is 6.54. The maximum absolute atomic E-state index is 13.1. The Morgan fingerprint density at radius 1 is 0.897 bits per heavy atom. The van der Waals surface area contributed by atoms with Crippen LogP contribution in [0.25, 0.3) is 0 Å². The van der Waals surface area contributed by atoms with Crippen LogP contribution < -0.4 is 20.9 Å². The monoisotopic (exact) mass is 566 g/mol. The number of ether oxygens (including phenoxy) is 1. The van der Waals surface area contributed by atoms with Gasteiger partial charge in [0.15, 0.2) is 6.61 Å². The van der Waals surface area contributed by atoms with E-state index in [1.807, 2.05) is 36.1 Å². The topological polar surface area (TPSA) is 59.7 Å². The highest BCUT2D eigenvalue weighted by molar-refractivity contribution is 5.85. The first-order valence-corrected chi connectivity index (χ1v) is 12.7. The quantitative estimate of drug-likeness (QED) is 0.388. The lowest BCUT2D eigenvalue weighted by Crippen LogP contribution is -2.47. The average molecular weight is 567 g/mol. The van der Waals surface area contributed by atoms with Crippen LogP contribution in [0.1, 0.15) is 23.1 Å². The molecule has 11 heteroatoms. The van der Waals surface area contributed by atoms with Crippen LogP contribution in [0, 0.1) is 13.8 Å². The van der Waals surface area contributed by atoms with E-state index >= 15 is 0 Å². The molecule has 3 aromatic rings. The van der Waals surface area contributed by atoms with Gasteiger partial charge >= 0.3 is 11.9 Å². The first kappa shape index (κ1) is 30.3. The van der Waals surface area contributed by atoms with E-state index in [0.717, 1.165) is 11.1 Å². The molecule has 0 amide bonds. The molecule has 4 rings (SSSR count). The zero-order chi connectivity index (χ0) is 27.3. The zero-order valence-corrected chi connectivity index (χ0v) is 22.9. The third-order valence-corrected chi connectivity index (χ3v) is 6.71. The van der Waals surface area contributed by atoms with Crippen LogP contribution in [0.2, 0.25) is 0 Å². The summed E-state index contributed by atoms with van der Waals surface area (Å²) < 4.78 is 45.8. The van der Waals surface area contributed by atoms with Crippen LogP contribution in [-0.2, 0) is 13.1 Å². The fourth-order valence-electron chi connectivity index (χ4n) is 4.66. The lowest BCUT2D eigenvalue weighted by atomic mass is 10.1. The maximum Gasteiger partial charge on any atom is 0.422 e. The minimum absolute atomic E-state index is 0. The van der Waals surface area contributed by atoms with Crippen LogP contribution in [0.5, 0.6) is 5.75 Å². The van der Waals surface area contributed by atoms with Gasteiger partial charge in [-0.15, -0.1) is 12.4 Å². The summed E-state index contributed by atoms with van der Waals surface area (Å²) in [5.41, 5.74) is 2.72. The molecule has 1 fully saturated rings. The number of nitrogens with zero attached hydrogens (tertiary/aromatic N) is 4. The molecule has 7 nitrogen and oxygen atoms in total. The smallest absolute Gasteiger partial charge is 0.422 e. The van der Waals surface area contributed by atoms with Gasteiger partial charge in [0.25, 0.3) is 5.56 Å². The lowest BCUT2D eigenvalue weighted by Gasteiger charge is -2.36. The van der Waals surface area contributed by atoms with Crippen molar-refractivity contribution in [1.29, 1.82) is 0 Å². The first-order chi connectivity index (χ1) is 18.1. The van der Waals surface area contributed by atoms with Crippen molar-refractivity contribution in [2.24, 2.45) is 0 Å². The van der Waals surface area contributed by atoms with Crippen molar-refractivity contribution in [2.75, 3.05) is 44.2 Å². The van der Waals surface area contributed by atoms with Gasteiger partial charge in [0.1, 0.15) is 5.75 Å². The Kier molecular flexibility index (Phi) is 10.3. The van der Waals surface area contributed by atoms with E-state index in [0.29, 0.717) is 63.5 Å². The molecule has 0 spiro atoms. The lowest BCUT2D eigenvalue weighted by molar-refractivity contribution is -0.153. The molecule has 0 atom stereocenters. The van der Waals surface area contributed by atoms with E-state index in [2.05, 4.69) is 4.90 Å². The van der Waals surface area contributed by atoms with Gasteiger partial charge in [-0.05, 0) is 44.5 Å². The molecule has 2 aromatic carbocycles. The van der Waals surface area contributed by atoms with Gasteiger partial charge in [-0.3, -0.25) is 18.8 Å². The predicted molar refractivity (Wildman–Crippen MR) is 148 cm³/mol. The number of piperazine rings is 1. The molecule has 1 aliphatic heterocycles. The van der Waals surface area contributed by atoms with Gasteiger partial charge in [-0.2, -0.15) is 13.2 Å². The van der Waals surface area contributed by atoms with E-state index < -0.39 is 12.8 Å². The number of aryl methyl sites for hydroxylation is 2. The molecule has 0 aliphatic carbocycles. The maximum atomic E-state index is 13.1. The number of para-hydroxylation sites is 2. The fourth-order valence-corrected chi connectivity index (χ4v) is 4.66. The number of benzene rings is 2. The Bertz CT molecular complexity index is 1350. The van der Waals surface area contributed by atoms with E-state index in [9.17, 15) is 22.8 Å². The fraction of sp³-hybridized carbons (Fsp3) is 0.429. The van der Waals surface area contributed by atoms with Crippen LogP contribution in [0.15, 0.2) is 64.3 Å². The molecule has 39 heavy (non-hydrogen) atoms. The second-order valence-electron chi connectivity index (χ2n) is 9.72. The third kappa shape index (κ3) is 8.12. The summed E-state index contributed by atoms with van der Waals surface area (Å²) in [7, 11) is 0. The van der Waals surface area contributed by atoms with Gasteiger partial charge in [0, 0.05) is 44.5 Å². The Hall–Kier alpha value is -3.24. The van der Waals surface area contributed by atoms with Gasteiger partial charge in [0.05, 0.1) is 12.2 Å². The SMILES string of the molecule is Cc1ccc(Cn2cc(C)c(=O)n(CCCN3CCN(c4ccccc4OCC(F)(F)F)CC3)c2=O)cc1.Cl. The molecular weight excluding hydrogens is 533 g/mol. The van der Waals surface area contributed by atoms with Crippen molar-refractivity contribution in [2.45, 2.75) is 39.5 Å². The second-order valence-corrected chi connectivity index (χ2v) is 9.72. The van der Waals surface area contributed by atoms with Gasteiger partial charge < -0.3 is 9.64 Å². The molecule has 1 aromatic heterocycles. The normalized spacial score (nSPS) is 14.2. The molecule has 0 unspecified atom stereocenters. The highest BCUT2D eigenvalue weighted by Crippen LogP contribution is 2.30. The van der Waals surface area contributed by atoms with Crippen molar-refractivity contribution in [3.63, 3.8) is 0 Å². The Labute approximate surface area is 231 Å². The number of hydrogen-bond donors (Lipinski definition) is 0. The molecule has 212 valence electrons. The van der Waals surface area contributed by atoms with E-state index in [4.69, 9.17) is 4.74 Å². The Balaban J connectivity index is 0.00000420. The summed E-state index contributed by atoms with van der Waals surface area (Å²) in [5.74, 6) is 0.221. The highest BCUT2D eigenvalue weighted by atomic mass is 35.5. The zero-order valence-electron chi connectivity index (χ0n) is 22.1. The molecule has 2 heterocycles. The van der Waals surface area contributed by atoms with Crippen molar-refractivity contribution in [3.05, 3.63) is 92.3 Å². The summed E-state index contributed by atoms with van der Waals surface area (Å²) >= 11 is 0. The average Bonchev–Trinajstić information content (AvgIpc) is 2.89. The molecule has 0 bridgehead atoms. The highest BCUT2D eigenvalue weighted by Gasteiger charge is 2.29. The van der Waals surface area contributed by atoms with Crippen LogP contribution in [-0.4, -0.2) is 59.5 Å². The van der Waals surface area contributed by atoms with E-state index in [-0.39, 0.29) is 29.4 Å². The van der Waals surface area contributed by atoms with Crippen molar-refractivity contribution < 1.29 is 17.9 Å². The minimum atomic E-state index is -4.39. The summed E-state index contributed by atoms with van der Waals surface area (Å²) in [6.07, 6.45) is -2.14. The number of halogens is 4. The second kappa shape index (κ2) is 13.2. The Morgan fingerprint density at radius 2 is 1.56 bits per heavy atom. The van der Waals surface area contributed by atoms with Crippen LogP contribution in [0.3, 0.4) is 0 Å². The third-order valence-electron chi connectivity index (χ3n) is 6.71. The van der Waals surface area contributed by atoms with E-state index in [1.165, 1.54) is 4.57 Å². The number of anilines is 1.